The Labute approximate surface area is 118 Å². The first-order valence-electron chi connectivity index (χ1n) is 6.97. The molecular formula is C16H19NO3. The number of hydrogen-bond acceptors (Lipinski definition) is 3. The van der Waals surface area contributed by atoms with Crippen LogP contribution in [-0.2, 0) is 10.3 Å². The lowest BCUT2D eigenvalue weighted by Crippen LogP contribution is -2.49. The van der Waals surface area contributed by atoms with Crippen LogP contribution in [0.5, 0.6) is 0 Å². The van der Waals surface area contributed by atoms with E-state index in [1.807, 2.05) is 45.0 Å². The Morgan fingerprint density at radius 1 is 1.25 bits per heavy atom. The van der Waals surface area contributed by atoms with Crippen LogP contribution in [0.15, 0.2) is 24.3 Å². The van der Waals surface area contributed by atoms with Gasteiger partial charge in [-0.1, -0.05) is 24.3 Å². The summed E-state index contributed by atoms with van der Waals surface area (Å²) in [7, 11) is 0. The largest absolute Gasteiger partial charge is 0.444 e. The summed E-state index contributed by atoms with van der Waals surface area (Å²) < 4.78 is 5.45. The summed E-state index contributed by atoms with van der Waals surface area (Å²) in [6.45, 7) is 5.63. The molecule has 0 N–H and O–H groups in total. The van der Waals surface area contributed by atoms with Crippen LogP contribution < -0.4 is 0 Å². The molecule has 0 aromatic heterocycles. The highest BCUT2D eigenvalue weighted by Crippen LogP contribution is 2.54. The molecule has 1 amide bonds. The molecule has 1 heterocycles. The zero-order valence-electron chi connectivity index (χ0n) is 12.1. The Kier molecular flexibility index (Phi) is 2.68. The summed E-state index contributed by atoms with van der Waals surface area (Å²) >= 11 is 0. The molecule has 4 heteroatoms. The average molecular weight is 273 g/mol. The zero-order valence-corrected chi connectivity index (χ0v) is 12.1. The van der Waals surface area contributed by atoms with Crippen molar-refractivity contribution >= 4 is 11.9 Å². The van der Waals surface area contributed by atoms with E-state index in [1.165, 1.54) is 0 Å². The predicted octanol–water partition coefficient (Wildman–Crippen LogP) is 3.11. The minimum Gasteiger partial charge on any atom is -0.444 e. The molecule has 4 nitrogen and oxygen atoms in total. The van der Waals surface area contributed by atoms with Crippen LogP contribution in [0, 0.1) is 0 Å². The smallest absolute Gasteiger partial charge is 0.411 e. The van der Waals surface area contributed by atoms with E-state index >= 15 is 0 Å². The van der Waals surface area contributed by atoms with E-state index in [4.69, 9.17) is 4.74 Å². The minimum atomic E-state index is -0.548. The summed E-state index contributed by atoms with van der Waals surface area (Å²) in [5.74, 6) is -0.0102. The molecule has 0 unspecified atom stereocenters. The van der Waals surface area contributed by atoms with E-state index in [-0.39, 0.29) is 17.9 Å². The van der Waals surface area contributed by atoms with Crippen LogP contribution in [0.2, 0.25) is 0 Å². The first kappa shape index (κ1) is 13.2. The number of fused-ring (bicyclic) bond motifs is 2. The van der Waals surface area contributed by atoms with Gasteiger partial charge in [0, 0.05) is 5.56 Å². The van der Waals surface area contributed by atoms with Crippen molar-refractivity contribution in [1.82, 2.24) is 4.90 Å². The summed E-state index contributed by atoms with van der Waals surface area (Å²) in [5.41, 5.74) is 0.868. The lowest BCUT2D eigenvalue weighted by molar-refractivity contribution is 0.0107. The molecule has 20 heavy (non-hydrogen) atoms. The number of hydrogen-bond donors (Lipinski definition) is 0. The molecule has 0 radical (unpaired) electrons. The van der Waals surface area contributed by atoms with Crippen molar-refractivity contribution in [2.45, 2.75) is 44.8 Å². The molecule has 0 saturated heterocycles. The van der Waals surface area contributed by atoms with Crippen LogP contribution >= 0.6 is 0 Å². The van der Waals surface area contributed by atoms with Gasteiger partial charge in [0.1, 0.15) is 5.60 Å². The second kappa shape index (κ2) is 4.08. The quantitative estimate of drug-likeness (QED) is 0.729. The molecule has 1 spiro atoms. The van der Waals surface area contributed by atoms with Crippen molar-refractivity contribution in [3.8, 4) is 0 Å². The van der Waals surface area contributed by atoms with Gasteiger partial charge in [0.05, 0.1) is 12.1 Å². The molecule has 1 aliphatic carbocycles. The third-order valence-electron chi connectivity index (χ3n) is 3.88. The third-order valence-corrected chi connectivity index (χ3v) is 3.88. The first-order chi connectivity index (χ1) is 9.33. The standard InChI is InChI=1S/C16H19NO3/c1-15(2,3)20-14(19)17-10-13(18)11-6-4-5-7-12(11)16(17)8-9-16/h4-7H,8-10H2,1-3H3. The number of benzene rings is 1. The SMILES string of the molecule is CC(C)(C)OC(=O)N1CC(=O)c2ccccc2C12CC2. The van der Waals surface area contributed by atoms with Crippen LogP contribution in [0.4, 0.5) is 4.79 Å². The van der Waals surface area contributed by atoms with E-state index in [2.05, 4.69) is 0 Å². The summed E-state index contributed by atoms with van der Waals surface area (Å²) in [6.07, 6.45) is 1.41. The normalized spacial score (nSPS) is 19.8. The number of nitrogens with zero attached hydrogens (tertiary/aromatic N) is 1. The van der Waals surface area contributed by atoms with Gasteiger partial charge in [-0.2, -0.15) is 0 Å². The monoisotopic (exact) mass is 273 g/mol. The summed E-state index contributed by atoms with van der Waals surface area (Å²) in [5, 5.41) is 0. The molecule has 2 aliphatic rings. The van der Waals surface area contributed by atoms with Crippen molar-refractivity contribution in [1.29, 1.82) is 0 Å². The number of ketones is 1. The van der Waals surface area contributed by atoms with Gasteiger partial charge in [0.25, 0.3) is 0 Å². The number of Topliss-reactive ketones (excluding diaryl/α,β-unsaturated/α-hetero) is 1. The number of rotatable bonds is 0. The molecule has 1 aromatic rings. The number of ether oxygens (including phenoxy) is 1. The average Bonchev–Trinajstić information content (AvgIpc) is 3.13. The molecule has 3 rings (SSSR count). The van der Waals surface area contributed by atoms with Crippen molar-refractivity contribution in [2.75, 3.05) is 6.54 Å². The lowest BCUT2D eigenvalue weighted by atomic mass is 9.90. The molecule has 0 atom stereocenters. The van der Waals surface area contributed by atoms with Gasteiger partial charge in [-0.05, 0) is 39.2 Å². The van der Waals surface area contributed by atoms with E-state index in [0.717, 1.165) is 24.0 Å². The first-order valence-corrected chi connectivity index (χ1v) is 6.97. The second-order valence-corrected chi connectivity index (χ2v) is 6.57. The molecule has 1 saturated carbocycles. The van der Waals surface area contributed by atoms with Crippen LogP contribution in [-0.4, -0.2) is 28.9 Å². The fourth-order valence-electron chi connectivity index (χ4n) is 2.87. The van der Waals surface area contributed by atoms with Crippen molar-refractivity contribution < 1.29 is 14.3 Å². The summed E-state index contributed by atoms with van der Waals surface area (Å²) in [4.78, 5) is 26.2. The van der Waals surface area contributed by atoms with E-state index in [0.29, 0.717) is 0 Å². The molecule has 1 aliphatic heterocycles. The number of amides is 1. The maximum absolute atomic E-state index is 12.4. The Balaban J connectivity index is 1.96. The van der Waals surface area contributed by atoms with Crippen molar-refractivity contribution in [3.63, 3.8) is 0 Å². The van der Waals surface area contributed by atoms with Crippen molar-refractivity contribution in [2.24, 2.45) is 0 Å². The maximum Gasteiger partial charge on any atom is 0.411 e. The van der Waals surface area contributed by atoms with Crippen LogP contribution in [0.25, 0.3) is 0 Å². The molecule has 106 valence electrons. The third kappa shape index (κ3) is 1.99. The van der Waals surface area contributed by atoms with Gasteiger partial charge in [-0.3, -0.25) is 9.69 Å². The second-order valence-electron chi connectivity index (χ2n) is 6.57. The van der Waals surface area contributed by atoms with Gasteiger partial charge in [-0.25, -0.2) is 4.79 Å². The van der Waals surface area contributed by atoms with Gasteiger partial charge in [0.15, 0.2) is 5.78 Å². The predicted molar refractivity (Wildman–Crippen MR) is 74.6 cm³/mol. The Morgan fingerprint density at radius 3 is 2.50 bits per heavy atom. The molecule has 1 aromatic carbocycles. The minimum absolute atomic E-state index is 0.0102. The highest BCUT2D eigenvalue weighted by molar-refractivity contribution is 6.02. The topological polar surface area (TPSA) is 46.6 Å². The summed E-state index contributed by atoms with van der Waals surface area (Å²) in [6, 6.07) is 7.60. The van der Waals surface area contributed by atoms with Gasteiger partial charge in [0.2, 0.25) is 0 Å². The van der Waals surface area contributed by atoms with E-state index in [9.17, 15) is 9.59 Å². The zero-order chi connectivity index (χ0) is 14.5. The maximum atomic E-state index is 12.4. The highest BCUT2D eigenvalue weighted by atomic mass is 16.6. The Bertz CT molecular complexity index is 582. The number of carbonyl (C=O) groups excluding carboxylic acids is 2. The number of carbonyl (C=O) groups is 2. The van der Waals surface area contributed by atoms with Crippen molar-refractivity contribution in [3.05, 3.63) is 35.4 Å². The molecule has 0 bridgehead atoms. The Hall–Kier alpha value is -1.84. The Morgan fingerprint density at radius 2 is 1.90 bits per heavy atom. The molecular weight excluding hydrogens is 254 g/mol. The highest BCUT2D eigenvalue weighted by Gasteiger charge is 2.56. The van der Waals surface area contributed by atoms with Crippen LogP contribution in [0.1, 0.15) is 49.5 Å². The van der Waals surface area contributed by atoms with Gasteiger partial charge < -0.3 is 4.74 Å². The molecule has 1 fully saturated rings. The van der Waals surface area contributed by atoms with E-state index < -0.39 is 11.7 Å². The lowest BCUT2D eigenvalue weighted by Gasteiger charge is -2.37. The fraction of sp³-hybridized carbons (Fsp3) is 0.500. The fourth-order valence-corrected chi connectivity index (χ4v) is 2.87. The van der Waals surface area contributed by atoms with Gasteiger partial charge in [-0.15, -0.1) is 0 Å². The van der Waals surface area contributed by atoms with E-state index in [1.54, 1.807) is 4.90 Å². The van der Waals surface area contributed by atoms with Crippen LogP contribution in [0.3, 0.4) is 0 Å². The van der Waals surface area contributed by atoms with Gasteiger partial charge >= 0.3 is 6.09 Å².